The molecule has 5 heteroatoms. The largest absolute Gasteiger partial charge is 0.493 e. The van der Waals surface area contributed by atoms with Gasteiger partial charge in [0, 0.05) is 10.6 Å². The van der Waals surface area contributed by atoms with Crippen molar-refractivity contribution in [2.75, 3.05) is 20.3 Å². The van der Waals surface area contributed by atoms with Crippen molar-refractivity contribution in [2.24, 2.45) is 0 Å². The third-order valence-corrected chi connectivity index (χ3v) is 3.00. The number of benzene rings is 2. The summed E-state index contributed by atoms with van der Waals surface area (Å²) in [5.41, 5.74) is 0.532. The van der Waals surface area contributed by atoms with E-state index in [-0.39, 0.29) is 0 Å². The van der Waals surface area contributed by atoms with Gasteiger partial charge < -0.3 is 14.2 Å². The minimum atomic E-state index is 0.335. The molecule has 0 N–H and O–H groups in total. The van der Waals surface area contributed by atoms with E-state index < -0.39 is 0 Å². The van der Waals surface area contributed by atoms with Crippen molar-refractivity contribution in [3.63, 3.8) is 0 Å². The van der Waals surface area contributed by atoms with Crippen LogP contribution in [0.4, 0.5) is 0 Å². The van der Waals surface area contributed by atoms with Crippen LogP contribution >= 0.6 is 11.6 Å². The van der Waals surface area contributed by atoms with Crippen LogP contribution < -0.4 is 14.2 Å². The maximum atomic E-state index is 10.8. The van der Waals surface area contributed by atoms with Gasteiger partial charge in [0.1, 0.15) is 25.2 Å². The Labute approximate surface area is 128 Å². The first-order chi connectivity index (χ1) is 10.2. The highest BCUT2D eigenvalue weighted by Crippen LogP contribution is 2.27. The second-order valence-electron chi connectivity index (χ2n) is 4.18. The van der Waals surface area contributed by atoms with Gasteiger partial charge in [-0.1, -0.05) is 11.6 Å². The minimum absolute atomic E-state index is 0.335. The van der Waals surface area contributed by atoms with E-state index >= 15 is 0 Å². The molecule has 0 aliphatic rings. The lowest BCUT2D eigenvalue weighted by atomic mass is 10.2. The normalized spacial score (nSPS) is 10.0. The van der Waals surface area contributed by atoms with Crippen molar-refractivity contribution in [3.05, 3.63) is 53.1 Å². The summed E-state index contributed by atoms with van der Waals surface area (Å²) in [6.07, 6.45) is 0.760. The van der Waals surface area contributed by atoms with E-state index in [9.17, 15) is 4.79 Å². The number of carbonyl (C=O) groups is 1. The third kappa shape index (κ3) is 4.39. The molecule has 0 fully saturated rings. The van der Waals surface area contributed by atoms with E-state index in [4.69, 9.17) is 25.8 Å². The number of ether oxygens (including phenoxy) is 3. The van der Waals surface area contributed by atoms with Gasteiger partial charge in [-0.05, 0) is 42.5 Å². The van der Waals surface area contributed by atoms with Gasteiger partial charge in [0.25, 0.3) is 0 Å². The Morgan fingerprint density at radius 1 is 1.00 bits per heavy atom. The van der Waals surface area contributed by atoms with Crippen LogP contribution in [0.15, 0.2) is 42.5 Å². The molecule has 2 rings (SSSR count). The molecule has 0 radical (unpaired) electrons. The maximum Gasteiger partial charge on any atom is 0.162 e. The van der Waals surface area contributed by atoms with E-state index in [0.29, 0.717) is 35.3 Å². The van der Waals surface area contributed by atoms with Crippen molar-refractivity contribution in [1.82, 2.24) is 0 Å². The molecule has 4 nitrogen and oxygen atoms in total. The molecular weight excluding hydrogens is 292 g/mol. The summed E-state index contributed by atoms with van der Waals surface area (Å²) >= 11 is 5.79. The molecule has 2 aromatic rings. The monoisotopic (exact) mass is 306 g/mol. The zero-order chi connectivity index (χ0) is 15.1. The first-order valence-electron chi connectivity index (χ1n) is 6.37. The smallest absolute Gasteiger partial charge is 0.162 e. The summed E-state index contributed by atoms with van der Waals surface area (Å²) in [5.74, 6) is 1.81. The Balaban J connectivity index is 1.88. The lowest BCUT2D eigenvalue weighted by molar-refractivity contribution is 0.112. The Morgan fingerprint density at radius 3 is 2.38 bits per heavy atom. The maximum absolute atomic E-state index is 10.8. The van der Waals surface area contributed by atoms with Crippen LogP contribution in [-0.4, -0.2) is 26.6 Å². The highest BCUT2D eigenvalue weighted by Gasteiger charge is 2.05. The summed E-state index contributed by atoms with van der Waals surface area (Å²) in [6.45, 7) is 0.706. The van der Waals surface area contributed by atoms with Crippen LogP contribution in [-0.2, 0) is 0 Å². The zero-order valence-electron chi connectivity index (χ0n) is 11.5. The van der Waals surface area contributed by atoms with Crippen LogP contribution in [0, 0.1) is 0 Å². The molecule has 0 aliphatic heterocycles. The van der Waals surface area contributed by atoms with Crippen molar-refractivity contribution in [1.29, 1.82) is 0 Å². The molecule has 0 saturated heterocycles. The molecule has 0 bridgehead atoms. The fraction of sp³-hybridized carbons (Fsp3) is 0.188. The second kappa shape index (κ2) is 7.55. The quantitative estimate of drug-likeness (QED) is 0.579. The van der Waals surface area contributed by atoms with Crippen LogP contribution in [0.2, 0.25) is 5.02 Å². The summed E-state index contributed by atoms with van der Waals surface area (Å²) < 4.78 is 16.3. The Hall–Kier alpha value is -2.20. The Kier molecular flexibility index (Phi) is 5.46. The first kappa shape index (κ1) is 15.2. The first-order valence-corrected chi connectivity index (χ1v) is 6.75. The molecule has 0 amide bonds. The van der Waals surface area contributed by atoms with Gasteiger partial charge in [-0.2, -0.15) is 0 Å². The minimum Gasteiger partial charge on any atom is -0.493 e. The number of rotatable bonds is 7. The molecule has 0 atom stereocenters. The average Bonchev–Trinajstić information content (AvgIpc) is 2.53. The number of hydrogen-bond donors (Lipinski definition) is 0. The van der Waals surface area contributed by atoms with Crippen molar-refractivity contribution < 1.29 is 19.0 Å². The van der Waals surface area contributed by atoms with Crippen molar-refractivity contribution in [3.8, 4) is 17.2 Å². The summed E-state index contributed by atoms with van der Waals surface area (Å²) in [5, 5.41) is 0.661. The number of methoxy groups -OCH3 is 1. The highest BCUT2D eigenvalue weighted by molar-refractivity contribution is 6.30. The molecule has 0 spiro atoms. The summed E-state index contributed by atoms with van der Waals surface area (Å²) in [7, 11) is 1.55. The van der Waals surface area contributed by atoms with Gasteiger partial charge in [0.15, 0.2) is 11.5 Å². The van der Waals surface area contributed by atoms with E-state index in [1.54, 1.807) is 49.6 Å². The fourth-order valence-electron chi connectivity index (χ4n) is 1.72. The Morgan fingerprint density at radius 2 is 1.71 bits per heavy atom. The molecule has 0 unspecified atom stereocenters. The van der Waals surface area contributed by atoms with Gasteiger partial charge in [-0.15, -0.1) is 0 Å². The standard InChI is InChI=1S/C16H15ClO4/c1-19-15-7-2-12(11-18)10-16(15)21-9-8-20-14-5-3-13(17)4-6-14/h2-7,10-11H,8-9H2,1H3. The van der Waals surface area contributed by atoms with Gasteiger partial charge >= 0.3 is 0 Å². The van der Waals surface area contributed by atoms with E-state index in [2.05, 4.69) is 0 Å². The number of hydrogen-bond acceptors (Lipinski definition) is 4. The molecule has 0 heterocycles. The van der Waals surface area contributed by atoms with Crippen molar-refractivity contribution in [2.45, 2.75) is 0 Å². The number of aldehydes is 1. The van der Waals surface area contributed by atoms with E-state index in [0.717, 1.165) is 12.0 Å². The Bertz CT molecular complexity index is 596. The molecular formula is C16H15ClO4. The molecule has 2 aromatic carbocycles. The van der Waals surface area contributed by atoms with Gasteiger partial charge in [0.2, 0.25) is 0 Å². The number of carbonyl (C=O) groups excluding carboxylic acids is 1. The summed E-state index contributed by atoms with van der Waals surface area (Å²) in [6, 6.07) is 12.1. The molecule has 0 aliphatic carbocycles. The van der Waals surface area contributed by atoms with E-state index in [1.807, 2.05) is 0 Å². The third-order valence-electron chi connectivity index (χ3n) is 2.75. The topological polar surface area (TPSA) is 44.8 Å². The zero-order valence-corrected chi connectivity index (χ0v) is 12.3. The van der Waals surface area contributed by atoms with E-state index in [1.165, 1.54) is 0 Å². The number of halogens is 1. The molecule has 0 saturated carbocycles. The van der Waals surface area contributed by atoms with Gasteiger partial charge in [-0.25, -0.2) is 0 Å². The van der Waals surface area contributed by atoms with Crippen LogP contribution in [0.5, 0.6) is 17.2 Å². The summed E-state index contributed by atoms with van der Waals surface area (Å²) in [4.78, 5) is 10.8. The van der Waals surface area contributed by atoms with Gasteiger partial charge in [-0.3, -0.25) is 4.79 Å². The lowest BCUT2D eigenvalue weighted by Crippen LogP contribution is -2.09. The van der Waals surface area contributed by atoms with Crippen LogP contribution in [0.3, 0.4) is 0 Å². The predicted octanol–water partition coefficient (Wildman–Crippen LogP) is 3.62. The lowest BCUT2D eigenvalue weighted by Gasteiger charge is -2.11. The fourth-order valence-corrected chi connectivity index (χ4v) is 1.85. The van der Waals surface area contributed by atoms with Crippen molar-refractivity contribution >= 4 is 17.9 Å². The van der Waals surface area contributed by atoms with Crippen LogP contribution in [0.1, 0.15) is 10.4 Å². The SMILES string of the molecule is COc1ccc(C=O)cc1OCCOc1ccc(Cl)cc1. The molecule has 0 aromatic heterocycles. The van der Waals surface area contributed by atoms with Crippen LogP contribution in [0.25, 0.3) is 0 Å². The average molecular weight is 307 g/mol. The predicted molar refractivity (Wildman–Crippen MR) is 80.8 cm³/mol. The highest BCUT2D eigenvalue weighted by atomic mass is 35.5. The molecule has 110 valence electrons. The van der Waals surface area contributed by atoms with Gasteiger partial charge in [0.05, 0.1) is 7.11 Å². The second-order valence-corrected chi connectivity index (χ2v) is 4.62. The molecule has 21 heavy (non-hydrogen) atoms.